The molecule has 0 aromatic rings. The molecule has 0 rings (SSSR count). The SMILES string of the molecule is CC(=O)O.O=[N+]([O-])[O-].O=[N+]([O-])[O-].[Pd+2]. The van der Waals surface area contributed by atoms with Crippen LogP contribution in [0.3, 0.4) is 0 Å². The van der Waals surface area contributed by atoms with Crippen molar-refractivity contribution in [3.63, 3.8) is 0 Å². The van der Waals surface area contributed by atoms with Gasteiger partial charge in [-0.3, -0.25) is 4.79 Å². The summed E-state index contributed by atoms with van der Waals surface area (Å²) < 4.78 is 0. The van der Waals surface area contributed by atoms with Crippen LogP contribution in [-0.4, -0.2) is 21.2 Å². The van der Waals surface area contributed by atoms with Crippen molar-refractivity contribution in [2.45, 2.75) is 6.92 Å². The first-order valence-corrected chi connectivity index (χ1v) is 2.02. The van der Waals surface area contributed by atoms with E-state index in [9.17, 15) is 0 Å². The van der Waals surface area contributed by atoms with Crippen LogP contribution in [0.2, 0.25) is 0 Å². The molecule has 0 heterocycles. The van der Waals surface area contributed by atoms with Crippen molar-refractivity contribution >= 4 is 5.97 Å². The Balaban J connectivity index is -0.0000000450. The van der Waals surface area contributed by atoms with Crippen LogP contribution in [0.1, 0.15) is 6.92 Å². The molecular formula is C2H4N2O8Pd. The molecule has 0 aromatic carbocycles. The molecule has 13 heavy (non-hydrogen) atoms. The van der Waals surface area contributed by atoms with Crippen LogP contribution >= 0.6 is 0 Å². The molecule has 0 radical (unpaired) electrons. The van der Waals surface area contributed by atoms with Gasteiger partial charge >= 0.3 is 20.4 Å². The summed E-state index contributed by atoms with van der Waals surface area (Å²) in [6.07, 6.45) is 0. The molecule has 0 saturated heterocycles. The average molecular weight is 290 g/mol. The van der Waals surface area contributed by atoms with E-state index in [-0.39, 0.29) is 20.4 Å². The van der Waals surface area contributed by atoms with Crippen LogP contribution in [-0.2, 0) is 25.2 Å². The van der Waals surface area contributed by atoms with E-state index in [1.807, 2.05) is 0 Å². The smallest absolute Gasteiger partial charge is 0.481 e. The van der Waals surface area contributed by atoms with E-state index in [0.717, 1.165) is 6.92 Å². The fourth-order valence-electron chi connectivity index (χ4n) is 0. The quantitative estimate of drug-likeness (QED) is 0.357. The van der Waals surface area contributed by atoms with E-state index in [0.29, 0.717) is 0 Å². The van der Waals surface area contributed by atoms with E-state index < -0.39 is 16.1 Å². The third kappa shape index (κ3) is 356. The van der Waals surface area contributed by atoms with Crippen LogP contribution in [0.15, 0.2) is 0 Å². The van der Waals surface area contributed by atoms with Crippen molar-refractivity contribution in [3.8, 4) is 0 Å². The summed E-state index contributed by atoms with van der Waals surface area (Å²) in [5, 5.41) is 36.9. The molecule has 80 valence electrons. The zero-order valence-electron chi connectivity index (χ0n) is 6.02. The Morgan fingerprint density at radius 3 is 1.08 bits per heavy atom. The Bertz CT molecular complexity index is 118. The van der Waals surface area contributed by atoms with Crippen LogP contribution in [0.4, 0.5) is 0 Å². The number of carboxylic acids is 1. The number of carbonyl (C=O) groups is 1. The molecule has 11 heteroatoms. The van der Waals surface area contributed by atoms with Crippen molar-refractivity contribution in [1.29, 1.82) is 0 Å². The molecule has 0 fully saturated rings. The molecule has 0 bridgehead atoms. The third-order valence-electron chi connectivity index (χ3n) is 0. The largest absolute Gasteiger partial charge is 2.00 e. The molecule has 0 spiro atoms. The first kappa shape index (κ1) is 22.5. The van der Waals surface area contributed by atoms with Crippen molar-refractivity contribution in [2.75, 3.05) is 0 Å². The van der Waals surface area contributed by atoms with E-state index in [4.69, 9.17) is 40.5 Å². The molecule has 0 aliphatic rings. The van der Waals surface area contributed by atoms with E-state index in [1.165, 1.54) is 0 Å². The van der Waals surface area contributed by atoms with Gasteiger partial charge in [0.15, 0.2) is 0 Å². The Morgan fingerprint density at radius 2 is 1.08 bits per heavy atom. The van der Waals surface area contributed by atoms with Gasteiger partial charge in [-0.05, 0) is 0 Å². The molecule has 0 unspecified atom stereocenters. The normalized spacial score (nSPS) is 5.62. The average Bonchev–Trinajstić information content (AvgIpc) is 1.54. The zero-order valence-corrected chi connectivity index (χ0v) is 7.57. The molecule has 10 nitrogen and oxygen atoms in total. The van der Waals surface area contributed by atoms with Gasteiger partial charge in [0.25, 0.3) is 5.97 Å². The molecule has 0 amide bonds. The molecule has 0 aromatic heterocycles. The Labute approximate surface area is 84.7 Å². The van der Waals surface area contributed by atoms with Gasteiger partial charge in [-0.25, -0.2) is 0 Å². The maximum atomic E-state index is 9.00. The number of aliphatic carboxylic acids is 1. The standard InChI is InChI=1S/C2H4O2.2NO3.Pd/c1-2(3)4;2*2-1(3)4;/h1H3,(H,3,4);;;/q;2*-1;+2. The Morgan fingerprint density at radius 1 is 1.08 bits per heavy atom. The maximum absolute atomic E-state index is 9.00. The summed E-state index contributed by atoms with van der Waals surface area (Å²) >= 11 is 0. The van der Waals surface area contributed by atoms with Gasteiger partial charge in [-0.1, -0.05) is 0 Å². The minimum absolute atomic E-state index is 0. The minimum atomic E-state index is -1.75. The summed E-state index contributed by atoms with van der Waals surface area (Å²) in [5.74, 6) is -0.833. The van der Waals surface area contributed by atoms with Gasteiger partial charge in [0.05, 0.1) is 10.2 Å². The number of hydrogen-bond acceptors (Lipinski definition) is 7. The number of nitrogens with zero attached hydrogens (tertiary/aromatic N) is 2. The summed E-state index contributed by atoms with van der Waals surface area (Å²) in [7, 11) is 0. The van der Waals surface area contributed by atoms with Crippen LogP contribution in [0, 0.1) is 30.6 Å². The predicted molar refractivity (Wildman–Crippen MR) is 34.0 cm³/mol. The zero-order chi connectivity index (χ0) is 10.7. The van der Waals surface area contributed by atoms with Crippen molar-refractivity contribution in [2.24, 2.45) is 0 Å². The third-order valence-corrected chi connectivity index (χ3v) is 0. The topological polar surface area (TPSA) is 170 Å². The van der Waals surface area contributed by atoms with Crippen LogP contribution < -0.4 is 0 Å². The second-order valence-corrected chi connectivity index (χ2v) is 0.966. The number of carboxylic acid groups (broad SMARTS) is 1. The molecule has 0 aliphatic carbocycles. The monoisotopic (exact) mass is 290 g/mol. The maximum Gasteiger partial charge on any atom is 2.00 e. The predicted octanol–water partition coefficient (Wildman–Crippen LogP) is -0.390. The summed E-state index contributed by atoms with van der Waals surface area (Å²) in [6.45, 7) is 1.08. The van der Waals surface area contributed by atoms with Crippen molar-refractivity contribution in [3.05, 3.63) is 30.6 Å². The first-order valence-electron chi connectivity index (χ1n) is 2.02. The fraction of sp³-hybridized carbons (Fsp3) is 0.500. The first-order chi connectivity index (χ1) is 5.20. The second-order valence-electron chi connectivity index (χ2n) is 0.966. The Hall–Kier alpha value is -1.47. The Kier molecular flexibility index (Phi) is 29.3. The van der Waals surface area contributed by atoms with Gasteiger partial charge in [0, 0.05) is 6.92 Å². The molecule has 1 N–H and O–H groups in total. The van der Waals surface area contributed by atoms with Crippen LogP contribution in [0.5, 0.6) is 0 Å². The van der Waals surface area contributed by atoms with E-state index >= 15 is 0 Å². The summed E-state index contributed by atoms with van der Waals surface area (Å²) in [4.78, 5) is 25.5. The minimum Gasteiger partial charge on any atom is -0.481 e. The molecule has 0 saturated carbocycles. The van der Waals surface area contributed by atoms with Crippen LogP contribution in [0.25, 0.3) is 0 Å². The second kappa shape index (κ2) is 16.9. The summed E-state index contributed by atoms with van der Waals surface area (Å²) in [6, 6.07) is 0. The van der Waals surface area contributed by atoms with Gasteiger partial charge in [0.2, 0.25) is 0 Å². The van der Waals surface area contributed by atoms with Gasteiger partial charge in [-0.2, -0.15) is 0 Å². The molecule has 0 atom stereocenters. The summed E-state index contributed by atoms with van der Waals surface area (Å²) in [5.41, 5.74) is 0. The van der Waals surface area contributed by atoms with Gasteiger partial charge in [0.1, 0.15) is 0 Å². The molecular weight excluding hydrogens is 286 g/mol. The van der Waals surface area contributed by atoms with Gasteiger partial charge < -0.3 is 35.7 Å². The van der Waals surface area contributed by atoms with Gasteiger partial charge in [-0.15, -0.1) is 0 Å². The fourth-order valence-corrected chi connectivity index (χ4v) is 0. The molecule has 0 aliphatic heterocycles. The van der Waals surface area contributed by atoms with Crippen molar-refractivity contribution < 1.29 is 40.5 Å². The van der Waals surface area contributed by atoms with Crippen molar-refractivity contribution in [1.82, 2.24) is 0 Å². The van der Waals surface area contributed by atoms with E-state index in [1.54, 1.807) is 0 Å². The van der Waals surface area contributed by atoms with E-state index in [2.05, 4.69) is 0 Å². The number of rotatable bonds is 0. The number of hydrogen-bond donors (Lipinski definition) is 1.